The van der Waals surface area contributed by atoms with E-state index in [1.165, 1.54) is 23.1 Å². The van der Waals surface area contributed by atoms with Gasteiger partial charge in [-0.2, -0.15) is 5.26 Å². The first-order valence-corrected chi connectivity index (χ1v) is 9.28. The molecule has 0 spiro atoms. The van der Waals surface area contributed by atoms with Gasteiger partial charge in [-0.25, -0.2) is 0 Å². The molecule has 2 aliphatic rings. The monoisotopic (exact) mass is 370 g/mol. The second-order valence-corrected chi connectivity index (χ2v) is 6.76. The van der Waals surface area contributed by atoms with Crippen LogP contribution in [0.15, 0.2) is 18.2 Å². The Balaban J connectivity index is 1.61. The van der Waals surface area contributed by atoms with E-state index in [-0.39, 0.29) is 42.4 Å². The third-order valence-corrected chi connectivity index (χ3v) is 5.07. The number of imide groups is 1. The second kappa shape index (κ2) is 8.21. The smallest absolute Gasteiger partial charge is 0.313 e. The highest BCUT2D eigenvalue weighted by Crippen LogP contribution is 2.38. The summed E-state index contributed by atoms with van der Waals surface area (Å²) in [5, 5.41) is 8.96. The van der Waals surface area contributed by atoms with Crippen molar-refractivity contribution in [2.45, 2.75) is 39.0 Å². The first kappa shape index (κ1) is 18.9. The number of hydrogen-bond acceptors (Lipinski definition) is 6. The second-order valence-electron chi connectivity index (χ2n) is 6.76. The molecule has 0 bridgehead atoms. The van der Waals surface area contributed by atoms with E-state index in [4.69, 9.17) is 14.7 Å². The summed E-state index contributed by atoms with van der Waals surface area (Å²) in [6.07, 6.45) is 3.35. The third kappa shape index (κ3) is 3.95. The van der Waals surface area contributed by atoms with Crippen molar-refractivity contribution in [1.82, 2.24) is 4.90 Å². The number of carbonyl (C=O) groups is 3. The van der Waals surface area contributed by atoms with Gasteiger partial charge in [0.15, 0.2) is 11.5 Å². The molecule has 1 aliphatic heterocycles. The minimum atomic E-state index is -0.559. The number of ether oxygens (including phenoxy) is 2. The molecule has 0 unspecified atom stereocenters. The Hall–Kier alpha value is -2.88. The third-order valence-electron chi connectivity index (χ3n) is 5.07. The van der Waals surface area contributed by atoms with Crippen LogP contribution in [0.3, 0.4) is 0 Å². The highest BCUT2D eigenvalue weighted by Gasteiger charge is 2.47. The van der Waals surface area contributed by atoms with E-state index in [1.54, 1.807) is 6.92 Å². The summed E-state index contributed by atoms with van der Waals surface area (Å²) in [4.78, 5) is 38.3. The lowest BCUT2D eigenvalue weighted by Crippen LogP contribution is -2.33. The van der Waals surface area contributed by atoms with E-state index < -0.39 is 5.97 Å². The van der Waals surface area contributed by atoms with Crippen molar-refractivity contribution in [3.05, 3.63) is 23.8 Å². The number of nitriles is 1. The molecule has 1 heterocycles. The number of carbonyl (C=O) groups excluding carboxylic acids is 3. The Morgan fingerprint density at radius 1 is 1.19 bits per heavy atom. The molecule has 0 radical (unpaired) electrons. The fourth-order valence-electron chi connectivity index (χ4n) is 3.76. The van der Waals surface area contributed by atoms with E-state index in [1.807, 2.05) is 6.07 Å². The van der Waals surface area contributed by atoms with Crippen LogP contribution >= 0.6 is 0 Å². The first-order valence-electron chi connectivity index (χ1n) is 9.28. The normalized spacial score (nSPS) is 21.6. The first-order chi connectivity index (χ1) is 13.0. The van der Waals surface area contributed by atoms with E-state index in [9.17, 15) is 14.4 Å². The molecule has 1 saturated carbocycles. The van der Waals surface area contributed by atoms with Crippen LogP contribution in [0.25, 0.3) is 0 Å². The number of fused-ring (bicyclic) bond motifs is 1. The molecule has 27 heavy (non-hydrogen) atoms. The van der Waals surface area contributed by atoms with Crippen LogP contribution in [0, 0.1) is 23.2 Å². The van der Waals surface area contributed by atoms with Crippen LogP contribution in [0.2, 0.25) is 0 Å². The number of likely N-dealkylation sites (tertiary alicyclic amines) is 1. The number of benzene rings is 1. The summed E-state index contributed by atoms with van der Waals surface area (Å²) >= 11 is 0. The highest BCUT2D eigenvalue weighted by molar-refractivity contribution is 6.05. The average Bonchev–Trinajstić information content (AvgIpc) is 2.92. The molecule has 0 aromatic heterocycles. The van der Waals surface area contributed by atoms with E-state index in [0.717, 1.165) is 25.7 Å². The summed E-state index contributed by atoms with van der Waals surface area (Å²) in [7, 11) is 0. The molecule has 7 nitrogen and oxygen atoms in total. The average molecular weight is 370 g/mol. The van der Waals surface area contributed by atoms with Crippen LogP contribution in [0.4, 0.5) is 0 Å². The van der Waals surface area contributed by atoms with Crippen molar-refractivity contribution < 1.29 is 23.9 Å². The molecular formula is C20H22N2O5. The molecule has 2 amide bonds. The maximum Gasteiger partial charge on any atom is 0.313 e. The molecule has 3 rings (SSSR count). The standard InChI is InChI=1S/C20H22N2O5/c1-2-26-17-11-13(12-21)7-8-16(17)27-18(23)9-10-22-19(24)14-5-3-4-6-15(14)20(22)25/h7-8,11,14-15H,2-6,9-10H2,1H3/t14-,15-/m1/s1. The predicted octanol–water partition coefficient (Wildman–Crippen LogP) is 2.43. The summed E-state index contributed by atoms with van der Waals surface area (Å²) < 4.78 is 10.7. The lowest BCUT2D eigenvalue weighted by Gasteiger charge is -2.19. The molecule has 7 heteroatoms. The minimum Gasteiger partial charge on any atom is -0.490 e. The maximum atomic E-state index is 12.4. The van der Waals surface area contributed by atoms with Gasteiger partial charge in [0.2, 0.25) is 11.8 Å². The predicted molar refractivity (Wildman–Crippen MR) is 94.7 cm³/mol. The Bertz CT molecular complexity index is 774. The van der Waals surface area contributed by atoms with Crippen molar-refractivity contribution in [3.8, 4) is 17.6 Å². The van der Waals surface area contributed by atoms with Gasteiger partial charge < -0.3 is 9.47 Å². The summed E-state index contributed by atoms with van der Waals surface area (Å²) in [5.41, 5.74) is 0.397. The van der Waals surface area contributed by atoms with Crippen molar-refractivity contribution in [3.63, 3.8) is 0 Å². The van der Waals surface area contributed by atoms with Crippen molar-refractivity contribution >= 4 is 17.8 Å². The number of esters is 1. The van der Waals surface area contributed by atoms with Crippen LogP contribution < -0.4 is 9.47 Å². The van der Waals surface area contributed by atoms with E-state index in [2.05, 4.69) is 0 Å². The minimum absolute atomic E-state index is 0.0315. The quantitative estimate of drug-likeness (QED) is 0.433. The molecule has 1 aromatic carbocycles. The zero-order chi connectivity index (χ0) is 19.4. The number of hydrogen-bond donors (Lipinski definition) is 0. The number of amides is 2. The van der Waals surface area contributed by atoms with Crippen LogP contribution in [-0.4, -0.2) is 35.8 Å². The zero-order valence-corrected chi connectivity index (χ0v) is 15.3. The molecule has 1 aromatic rings. The topological polar surface area (TPSA) is 96.7 Å². The van der Waals surface area contributed by atoms with Gasteiger partial charge in [-0.15, -0.1) is 0 Å². The summed E-state index contributed by atoms with van der Waals surface area (Å²) in [6.45, 7) is 2.18. The van der Waals surface area contributed by atoms with Crippen LogP contribution in [0.5, 0.6) is 11.5 Å². The Labute approximate surface area is 157 Å². The van der Waals surface area contributed by atoms with E-state index >= 15 is 0 Å². The lowest BCUT2D eigenvalue weighted by molar-refractivity contribution is -0.141. The van der Waals surface area contributed by atoms with E-state index in [0.29, 0.717) is 17.9 Å². The molecule has 1 aliphatic carbocycles. The summed E-state index contributed by atoms with van der Waals surface area (Å²) in [5.74, 6) is -0.790. The lowest BCUT2D eigenvalue weighted by atomic mass is 9.81. The highest BCUT2D eigenvalue weighted by atomic mass is 16.6. The molecule has 2 fully saturated rings. The van der Waals surface area contributed by atoms with Crippen LogP contribution in [-0.2, 0) is 14.4 Å². The molecule has 2 atom stereocenters. The van der Waals surface area contributed by atoms with Gasteiger partial charge in [0.05, 0.1) is 36.5 Å². The van der Waals surface area contributed by atoms with Crippen molar-refractivity contribution in [2.24, 2.45) is 11.8 Å². The van der Waals surface area contributed by atoms with Gasteiger partial charge in [-0.3, -0.25) is 19.3 Å². The van der Waals surface area contributed by atoms with Gasteiger partial charge in [0.1, 0.15) is 0 Å². The van der Waals surface area contributed by atoms with Crippen molar-refractivity contribution in [2.75, 3.05) is 13.2 Å². The Morgan fingerprint density at radius 3 is 2.44 bits per heavy atom. The summed E-state index contributed by atoms with van der Waals surface area (Å²) in [6, 6.07) is 6.54. The maximum absolute atomic E-state index is 12.4. The fraction of sp³-hybridized carbons (Fsp3) is 0.500. The van der Waals surface area contributed by atoms with Gasteiger partial charge in [-0.05, 0) is 31.9 Å². The zero-order valence-electron chi connectivity index (χ0n) is 15.3. The molecule has 1 saturated heterocycles. The van der Waals surface area contributed by atoms with Crippen molar-refractivity contribution in [1.29, 1.82) is 5.26 Å². The Kier molecular flexibility index (Phi) is 5.75. The molecule has 0 N–H and O–H groups in total. The molecular weight excluding hydrogens is 348 g/mol. The largest absolute Gasteiger partial charge is 0.490 e. The molecule has 142 valence electrons. The van der Waals surface area contributed by atoms with Crippen LogP contribution in [0.1, 0.15) is 44.6 Å². The SMILES string of the molecule is CCOc1cc(C#N)ccc1OC(=O)CCN1C(=O)[C@@H]2CCCC[C@H]2C1=O. The van der Waals surface area contributed by atoms with Gasteiger partial charge in [-0.1, -0.05) is 12.8 Å². The van der Waals surface area contributed by atoms with Gasteiger partial charge in [0, 0.05) is 12.6 Å². The number of nitrogens with zero attached hydrogens (tertiary/aromatic N) is 2. The van der Waals surface area contributed by atoms with Gasteiger partial charge >= 0.3 is 5.97 Å². The number of rotatable bonds is 6. The Morgan fingerprint density at radius 2 is 1.85 bits per heavy atom. The van der Waals surface area contributed by atoms with Gasteiger partial charge in [0.25, 0.3) is 0 Å². The fourth-order valence-corrected chi connectivity index (χ4v) is 3.76.